The lowest BCUT2D eigenvalue weighted by atomic mass is 10.5. The van der Waals surface area contributed by atoms with Crippen LogP contribution in [0, 0.1) is 0 Å². The van der Waals surface area contributed by atoms with Crippen LogP contribution < -0.4 is 5.32 Å². The minimum atomic E-state index is -4.16. The number of methoxy groups -OCH3 is 1. The van der Waals surface area contributed by atoms with Gasteiger partial charge in [-0.3, -0.25) is 0 Å². The lowest BCUT2D eigenvalue weighted by molar-refractivity contribution is -0.125. The van der Waals surface area contributed by atoms with Gasteiger partial charge in [0.1, 0.15) is 0 Å². The predicted molar refractivity (Wildman–Crippen MR) is 57.1 cm³/mol. The molecule has 0 aliphatic carbocycles. The van der Waals surface area contributed by atoms with E-state index < -0.39 is 12.7 Å². The third-order valence-corrected chi connectivity index (χ3v) is 1.76. The average molecular weight is 259 g/mol. The number of hydrogen-bond donors (Lipinski definition) is 1. The van der Waals surface area contributed by atoms with E-state index in [9.17, 15) is 13.2 Å². The van der Waals surface area contributed by atoms with Crippen LogP contribution in [0.4, 0.5) is 13.2 Å². The highest BCUT2D eigenvalue weighted by atomic mass is 19.4. The lowest BCUT2D eigenvalue weighted by Gasteiger charge is -2.08. The normalized spacial score (nSPS) is 12.0. The van der Waals surface area contributed by atoms with Gasteiger partial charge in [0.05, 0.1) is 26.4 Å². The SMILES string of the molecule is COCCCOCCOCCNCC(F)(F)F. The summed E-state index contributed by atoms with van der Waals surface area (Å²) in [4.78, 5) is 0. The number of alkyl halides is 3. The number of hydrogen-bond acceptors (Lipinski definition) is 4. The van der Waals surface area contributed by atoms with Crippen molar-refractivity contribution in [3.63, 3.8) is 0 Å². The molecule has 0 amide bonds. The molecule has 0 aromatic rings. The summed E-state index contributed by atoms with van der Waals surface area (Å²) in [5, 5.41) is 2.24. The van der Waals surface area contributed by atoms with E-state index in [-0.39, 0.29) is 13.2 Å². The van der Waals surface area contributed by atoms with E-state index in [1.165, 1.54) is 0 Å². The van der Waals surface area contributed by atoms with Crippen molar-refractivity contribution in [2.45, 2.75) is 12.6 Å². The van der Waals surface area contributed by atoms with Crippen LogP contribution in [0.25, 0.3) is 0 Å². The molecule has 0 aromatic carbocycles. The zero-order valence-electron chi connectivity index (χ0n) is 10.0. The molecule has 0 aromatic heterocycles. The molecule has 0 unspecified atom stereocenters. The standard InChI is InChI=1S/C10H20F3NO3/c1-15-4-2-5-16-7-8-17-6-3-14-9-10(11,12)13/h14H,2-9H2,1H3. The van der Waals surface area contributed by atoms with Gasteiger partial charge >= 0.3 is 6.18 Å². The summed E-state index contributed by atoms with van der Waals surface area (Å²) in [5.74, 6) is 0. The van der Waals surface area contributed by atoms with Crippen LogP contribution in [-0.4, -0.2) is 59.4 Å². The first-order valence-corrected chi connectivity index (χ1v) is 5.48. The summed E-state index contributed by atoms with van der Waals surface area (Å²) in [6.07, 6.45) is -3.34. The minimum absolute atomic E-state index is 0.184. The van der Waals surface area contributed by atoms with E-state index >= 15 is 0 Å². The highest BCUT2D eigenvalue weighted by Gasteiger charge is 2.25. The van der Waals surface area contributed by atoms with E-state index in [4.69, 9.17) is 14.2 Å². The van der Waals surface area contributed by atoms with Crippen molar-refractivity contribution in [2.24, 2.45) is 0 Å². The summed E-state index contributed by atoms with van der Waals surface area (Å²) in [7, 11) is 1.62. The van der Waals surface area contributed by atoms with Crippen molar-refractivity contribution in [1.29, 1.82) is 0 Å². The zero-order valence-corrected chi connectivity index (χ0v) is 10.0. The second kappa shape index (κ2) is 10.8. The number of ether oxygens (including phenoxy) is 3. The van der Waals surface area contributed by atoms with Crippen LogP contribution in [0.15, 0.2) is 0 Å². The van der Waals surface area contributed by atoms with Crippen molar-refractivity contribution >= 4 is 0 Å². The molecule has 0 saturated heterocycles. The van der Waals surface area contributed by atoms with Crippen molar-refractivity contribution in [3.8, 4) is 0 Å². The molecule has 0 rings (SSSR count). The molecular formula is C10H20F3NO3. The van der Waals surface area contributed by atoms with E-state index in [2.05, 4.69) is 5.32 Å². The molecule has 0 aliphatic heterocycles. The Balaban J connectivity index is 2.99. The highest BCUT2D eigenvalue weighted by Crippen LogP contribution is 2.11. The lowest BCUT2D eigenvalue weighted by Crippen LogP contribution is -2.31. The van der Waals surface area contributed by atoms with Crippen LogP contribution >= 0.6 is 0 Å². The fourth-order valence-corrected chi connectivity index (χ4v) is 1.00. The van der Waals surface area contributed by atoms with Gasteiger partial charge in [0.25, 0.3) is 0 Å². The summed E-state index contributed by atoms with van der Waals surface area (Å²) in [5.41, 5.74) is 0. The van der Waals surface area contributed by atoms with E-state index in [0.717, 1.165) is 6.42 Å². The zero-order chi connectivity index (χ0) is 13.0. The van der Waals surface area contributed by atoms with Gasteiger partial charge in [-0.05, 0) is 6.42 Å². The Morgan fingerprint density at radius 3 is 2.18 bits per heavy atom. The molecule has 0 radical (unpaired) electrons. The Bertz CT molecular complexity index is 167. The van der Waals surface area contributed by atoms with Crippen molar-refractivity contribution < 1.29 is 27.4 Å². The number of rotatable bonds is 11. The Kier molecular flexibility index (Phi) is 10.5. The molecule has 0 bridgehead atoms. The molecule has 0 fully saturated rings. The molecular weight excluding hydrogens is 239 g/mol. The molecule has 17 heavy (non-hydrogen) atoms. The average Bonchev–Trinajstić information content (AvgIpc) is 2.24. The quantitative estimate of drug-likeness (QED) is 0.566. The maximum atomic E-state index is 11.7. The molecule has 0 saturated carbocycles. The molecule has 0 atom stereocenters. The summed E-state index contributed by atoms with van der Waals surface area (Å²) < 4.78 is 50.2. The Morgan fingerprint density at radius 1 is 0.941 bits per heavy atom. The topological polar surface area (TPSA) is 39.7 Å². The second-order valence-corrected chi connectivity index (χ2v) is 3.36. The Morgan fingerprint density at radius 2 is 1.59 bits per heavy atom. The van der Waals surface area contributed by atoms with Crippen LogP contribution in [0.5, 0.6) is 0 Å². The van der Waals surface area contributed by atoms with Crippen molar-refractivity contribution in [3.05, 3.63) is 0 Å². The van der Waals surface area contributed by atoms with Crippen LogP contribution in [0.2, 0.25) is 0 Å². The molecule has 1 N–H and O–H groups in total. The first-order valence-electron chi connectivity index (χ1n) is 5.48. The predicted octanol–water partition coefficient (Wildman–Crippen LogP) is 1.21. The van der Waals surface area contributed by atoms with E-state index in [1.807, 2.05) is 0 Å². The molecule has 0 heterocycles. The van der Waals surface area contributed by atoms with E-state index in [1.54, 1.807) is 7.11 Å². The highest BCUT2D eigenvalue weighted by molar-refractivity contribution is 4.54. The van der Waals surface area contributed by atoms with Gasteiger partial charge in [-0.25, -0.2) is 0 Å². The maximum Gasteiger partial charge on any atom is 0.401 e. The Labute approximate surface area is 99.4 Å². The molecule has 0 aliphatic rings. The van der Waals surface area contributed by atoms with Gasteiger partial charge in [0.15, 0.2) is 0 Å². The van der Waals surface area contributed by atoms with Crippen molar-refractivity contribution in [2.75, 3.05) is 53.2 Å². The van der Waals surface area contributed by atoms with Crippen LogP contribution in [-0.2, 0) is 14.2 Å². The summed E-state index contributed by atoms with van der Waals surface area (Å²) in [6.45, 7) is 1.54. The van der Waals surface area contributed by atoms with Gasteiger partial charge in [-0.1, -0.05) is 0 Å². The van der Waals surface area contributed by atoms with Gasteiger partial charge in [0, 0.05) is 26.9 Å². The van der Waals surface area contributed by atoms with Gasteiger partial charge in [-0.15, -0.1) is 0 Å². The van der Waals surface area contributed by atoms with Gasteiger partial charge in [0.2, 0.25) is 0 Å². The van der Waals surface area contributed by atoms with Gasteiger partial charge < -0.3 is 19.5 Å². The molecule has 104 valence electrons. The fourth-order valence-electron chi connectivity index (χ4n) is 1.00. The van der Waals surface area contributed by atoms with Crippen LogP contribution in [0.1, 0.15) is 6.42 Å². The third kappa shape index (κ3) is 15.6. The second-order valence-electron chi connectivity index (χ2n) is 3.36. The number of nitrogens with one attached hydrogen (secondary N) is 1. The van der Waals surface area contributed by atoms with E-state index in [0.29, 0.717) is 26.4 Å². The third-order valence-electron chi connectivity index (χ3n) is 1.76. The first-order chi connectivity index (χ1) is 8.06. The maximum absolute atomic E-state index is 11.7. The monoisotopic (exact) mass is 259 g/mol. The van der Waals surface area contributed by atoms with Crippen LogP contribution in [0.3, 0.4) is 0 Å². The molecule has 0 spiro atoms. The van der Waals surface area contributed by atoms with Gasteiger partial charge in [-0.2, -0.15) is 13.2 Å². The van der Waals surface area contributed by atoms with Crippen molar-refractivity contribution in [1.82, 2.24) is 5.32 Å². The summed E-state index contributed by atoms with van der Waals surface area (Å²) in [6, 6.07) is 0. The fraction of sp³-hybridized carbons (Fsp3) is 1.00. The minimum Gasteiger partial charge on any atom is -0.385 e. The molecule has 4 nitrogen and oxygen atoms in total. The largest absolute Gasteiger partial charge is 0.401 e. The summed E-state index contributed by atoms with van der Waals surface area (Å²) >= 11 is 0. The first kappa shape index (κ1) is 16.6. The Hall–Kier alpha value is -0.370. The number of halogens is 3. The smallest absolute Gasteiger partial charge is 0.385 e. The molecule has 7 heteroatoms.